The minimum Gasteiger partial charge on any atom is -0.307 e. The third-order valence-electron chi connectivity index (χ3n) is 7.14. The Morgan fingerprint density at radius 2 is 1.76 bits per heavy atom. The van der Waals surface area contributed by atoms with Crippen LogP contribution in [0.1, 0.15) is 23.0 Å². The minimum atomic E-state index is -4.26. The molecule has 8 nitrogen and oxygen atoms in total. The molecule has 1 unspecified atom stereocenters. The number of para-hydroxylation sites is 1. The van der Waals surface area contributed by atoms with E-state index in [9.17, 15) is 18.0 Å². The summed E-state index contributed by atoms with van der Waals surface area (Å²) in [5.74, 6) is 0.539. The number of amides is 1. The predicted molar refractivity (Wildman–Crippen MR) is 166 cm³/mol. The first-order chi connectivity index (χ1) is 19.4. The molecular weight excluding hydrogens is 603 g/mol. The highest BCUT2D eigenvalue weighted by atomic mass is 35.5. The summed E-state index contributed by atoms with van der Waals surface area (Å²) >= 11 is 14.4. The molecule has 41 heavy (non-hydrogen) atoms. The van der Waals surface area contributed by atoms with Crippen LogP contribution in [0.15, 0.2) is 81.3 Å². The Bertz CT molecular complexity index is 1820. The van der Waals surface area contributed by atoms with Crippen LogP contribution < -0.4 is 14.8 Å². The maximum atomic E-state index is 13.9. The Hall–Kier alpha value is -3.18. The molecule has 4 aromatic rings. The van der Waals surface area contributed by atoms with Gasteiger partial charge in [0.25, 0.3) is 21.5 Å². The molecule has 0 N–H and O–H groups in total. The van der Waals surface area contributed by atoms with Crippen molar-refractivity contribution in [1.29, 1.82) is 0 Å². The SMILES string of the molecule is Cc1c(N(C)S(=O)(=O)c2ccc(Cl)c(C(=O)N3CC(C)CSc4ccc(Cl)cc43)c2)c(=O)n(-c2ccccc2)n1C. The van der Waals surface area contributed by atoms with Crippen molar-refractivity contribution in [1.82, 2.24) is 9.36 Å². The zero-order valence-electron chi connectivity index (χ0n) is 22.8. The van der Waals surface area contributed by atoms with Crippen LogP contribution in [0, 0.1) is 12.8 Å². The molecule has 214 valence electrons. The van der Waals surface area contributed by atoms with Gasteiger partial charge in [-0.3, -0.25) is 18.6 Å². The number of aromatic nitrogens is 2. The molecule has 12 heteroatoms. The van der Waals surface area contributed by atoms with E-state index in [-0.39, 0.29) is 27.1 Å². The Balaban J connectivity index is 1.56. The Morgan fingerprint density at radius 1 is 1.05 bits per heavy atom. The highest BCUT2D eigenvalue weighted by Gasteiger charge is 2.32. The molecule has 1 aliphatic heterocycles. The highest BCUT2D eigenvalue weighted by Crippen LogP contribution is 2.38. The minimum absolute atomic E-state index is 0.00103. The molecule has 0 bridgehead atoms. The van der Waals surface area contributed by atoms with E-state index in [2.05, 4.69) is 0 Å². The summed E-state index contributed by atoms with van der Waals surface area (Å²) in [7, 11) is -1.24. The average Bonchev–Trinajstić information content (AvgIpc) is 3.06. The summed E-state index contributed by atoms with van der Waals surface area (Å²) in [6, 6.07) is 18.4. The van der Waals surface area contributed by atoms with Gasteiger partial charge in [-0.05, 0) is 61.4 Å². The van der Waals surface area contributed by atoms with E-state index < -0.39 is 21.5 Å². The number of fused-ring (bicyclic) bond motifs is 1. The van der Waals surface area contributed by atoms with Gasteiger partial charge in [0.15, 0.2) is 0 Å². The van der Waals surface area contributed by atoms with Gasteiger partial charge in [-0.15, -0.1) is 11.8 Å². The van der Waals surface area contributed by atoms with Crippen LogP contribution in [0.4, 0.5) is 11.4 Å². The molecule has 0 saturated heterocycles. The molecule has 0 radical (unpaired) electrons. The molecule has 0 aliphatic carbocycles. The lowest BCUT2D eigenvalue weighted by Crippen LogP contribution is -2.35. The number of hydrogen-bond acceptors (Lipinski definition) is 5. The average molecular weight is 632 g/mol. The second kappa shape index (κ2) is 11.2. The van der Waals surface area contributed by atoms with E-state index in [1.165, 1.54) is 29.9 Å². The number of carbonyl (C=O) groups is 1. The fourth-order valence-corrected chi connectivity index (χ4v) is 7.57. The second-order valence-corrected chi connectivity index (χ2v) is 13.8. The zero-order valence-corrected chi connectivity index (χ0v) is 26.0. The van der Waals surface area contributed by atoms with E-state index >= 15 is 0 Å². The van der Waals surface area contributed by atoms with Gasteiger partial charge in [-0.2, -0.15) is 0 Å². The lowest BCUT2D eigenvalue weighted by atomic mass is 10.1. The molecule has 3 aromatic carbocycles. The summed E-state index contributed by atoms with van der Waals surface area (Å²) < 4.78 is 31.8. The van der Waals surface area contributed by atoms with Crippen LogP contribution in [0.2, 0.25) is 10.0 Å². The van der Waals surface area contributed by atoms with Crippen LogP contribution in [0.3, 0.4) is 0 Å². The molecule has 0 fully saturated rings. The fraction of sp³-hybridized carbons (Fsp3) is 0.241. The Morgan fingerprint density at radius 3 is 2.46 bits per heavy atom. The number of sulfonamides is 1. The number of halogens is 2. The van der Waals surface area contributed by atoms with Crippen molar-refractivity contribution in [3.8, 4) is 5.69 Å². The number of thioether (sulfide) groups is 1. The van der Waals surface area contributed by atoms with Gasteiger partial charge in [0.2, 0.25) is 0 Å². The maximum absolute atomic E-state index is 13.9. The molecule has 5 rings (SSSR count). The van der Waals surface area contributed by atoms with E-state index in [0.717, 1.165) is 15.0 Å². The van der Waals surface area contributed by atoms with Gasteiger partial charge in [0.1, 0.15) is 5.69 Å². The number of benzene rings is 3. The number of rotatable bonds is 5. The van der Waals surface area contributed by atoms with Crippen LogP contribution in [0.5, 0.6) is 0 Å². The summed E-state index contributed by atoms with van der Waals surface area (Å²) in [5.41, 5.74) is 1.26. The third-order valence-corrected chi connectivity index (χ3v) is 10.8. The first-order valence-electron chi connectivity index (χ1n) is 12.8. The quantitative estimate of drug-likeness (QED) is 0.270. The van der Waals surface area contributed by atoms with Crippen molar-refractivity contribution in [3.63, 3.8) is 0 Å². The van der Waals surface area contributed by atoms with Crippen molar-refractivity contribution in [2.45, 2.75) is 23.6 Å². The van der Waals surface area contributed by atoms with E-state index in [0.29, 0.717) is 28.6 Å². The Kier molecular flexibility index (Phi) is 8.04. The van der Waals surface area contributed by atoms with Gasteiger partial charge in [-0.1, -0.05) is 48.3 Å². The van der Waals surface area contributed by atoms with Crippen molar-refractivity contribution in [2.75, 3.05) is 28.6 Å². The zero-order chi connectivity index (χ0) is 29.6. The molecule has 1 atom stereocenters. The van der Waals surface area contributed by atoms with Gasteiger partial charge >= 0.3 is 0 Å². The number of carbonyl (C=O) groups excluding carboxylic acids is 1. The smallest absolute Gasteiger partial charge is 0.296 e. The van der Waals surface area contributed by atoms with Crippen LogP contribution in [-0.2, 0) is 17.1 Å². The van der Waals surface area contributed by atoms with E-state index in [4.69, 9.17) is 23.2 Å². The predicted octanol–water partition coefficient (Wildman–Crippen LogP) is 6.00. The number of hydrogen-bond donors (Lipinski definition) is 0. The standard InChI is InChI=1S/C29H28Cl2N4O4S2/c1-18-16-34(25-14-20(30)10-13-26(25)40-17-18)28(36)23-15-22(11-12-24(23)31)41(38,39)33(4)27-19(2)32(3)35(29(27)37)21-8-6-5-7-9-21/h5-15,18H,16-17H2,1-4H3. The Labute approximate surface area is 253 Å². The van der Waals surface area contributed by atoms with Crippen molar-refractivity contribution >= 4 is 62.3 Å². The second-order valence-electron chi connectivity index (χ2n) is 9.97. The van der Waals surface area contributed by atoms with Crippen LogP contribution in [-0.4, -0.2) is 43.0 Å². The van der Waals surface area contributed by atoms with E-state index in [1.807, 2.05) is 19.1 Å². The highest BCUT2D eigenvalue weighted by molar-refractivity contribution is 7.99. The molecule has 1 aliphatic rings. The normalized spacial score (nSPS) is 15.4. The molecular formula is C29H28Cl2N4O4S2. The number of anilines is 2. The third kappa shape index (κ3) is 5.30. The maximum Gasteiger partial charge on any atom is 0.296 e. The van der Waals surface area contributed by atoms with Crippen LogP contribution in [0.25, 0.3) is 5.69 Å². The molecule has 2 heterocycles. The lowest BCUT2D eigenvalue weighted by Gasteiger charge is -2.25. The largest absolute Gasteiger partial charge is 0.307 e. The van der Waals surface area contributed by atoms with Gasteiger partial charge in [0.05, 0.1) is 32.6 Å². The van der Waals surface area contributed by atoms with E-state index in [1.54, 1.807) is 71.7 Å². The summed E-state index contributed by atoms with van der Waals surface area (Å²) in [6.07, 6.45) is 0. The van der Waals surface area contributed by atoms with Gasteiger partial charge in [0, 0.05) is 36.3 Å². The molecule has 0 spiro atoms. The molecule has 0 saturated carbocycles. The lowest BCUT2D eigenvalue weighted by molar-refractivity contribution is 0.0983. The topological polar surface area (TPSA) is 84.6 Å². The summed E-state index contributed by atoms with van der Waals surface area (Å²) in [5, 5.41) is 0.604. The number of nitrogens with zero attached hydrogens (tertiary/aromatic N) is 4. The van der Waals surface area contributed by atoms with Gasteiger partial charge < -0.3 is 4.90 Å². The summed E-state index contributed by atoms with van der Waals surface area (Å²) in [6.45, 7) is 4.14. The summed E-state index contributed by atoms with van der Waals surface area (Å²) in [4.78, 5) is 29.8. The fourth-order valence-electron chi connectivity index (χ4n) is 4.88. The molecule has 1 aromatic heterocycles. The first-order valence-corrected chi connectivity index (χ1v) is 16.0. The molecule has 1 amide bonds. The van der Waals surface area contributed by atoms with Crippen LogP contribution >= 0.6 is 35.0 Å². The van der Waals surface area contributed by atoms with Crippen molar-refractivity contribution in [3.05, 3.63) is 98.4 Å². The van der Waals surface area contributed by atoms with Crippen molar-refractivity contribution in [2.24, 2.45) is 13.0 Å². The first kappa shape index (κ1) is 29.3. The monoisotopic (exact) mass is 630 g/mol. The van der Waals surface area contributed by atoms with Crippen molar-refractivity contribution < 1.29 is 13.2 Å². The van der Waals surface area contributed by atoms with Gasteiger partial charge in [-0.25, -0.2) is 13.1 Å².